The number of hydrogen-bond acceptors (Lipinski definition) is 2. The van der Waals surface area contributed by atoms with E-state index < -0.39 is 0 Å². The summed E-state index contributed by atoms with van der Waals surface area (Å²) in [5, 5.41) is 0. The van der Waals surface area contributed by atoms with E-state index in [2.05, 4.69) is 82.5 Å². The summed E-state index contributed by atoms with van der Waals surface area (Å²) in [5.74, 6) is 0. The standard InChI is InChI=1S/C20H27NS/c1-8-18-12-10-11-13-19(18)15(3)14-16(4)21(6)17(5)20(9-2)22-7/h9-14H,2-3,8H2,1,4-7H3/b16-14-,20-17+. The maximum absolute atomic E-state index is 4.26. The Morgan fingerprint density at radius 1 is 1.27 bits per heavy atom. The van der Waals surface area contributed by atoms with Gasteiger partial charge in [-0.25, -0.2) is 0 Å². The fourth-order valence-corrected chi connectivity index (χ4v) is 2.98. The number of allylic oxidation sites excluding steroid dienone is 5. The van der Waals surface area contributed by atoms with Crippen LogP contribution in [0.2, 0.25) is 0 Å². The Morgan fingerprint density at radius 2 is 1.91 bits per heavy atom. The highest BCUT2D eigenvalue weighted by molar-refractivity contribution is 8.02. The van der Waals surface area contributed by atoms with Crippen molar-refractivity contribution in [3.8, 4) is 0 Å². The molecule has 0 radical (unpaired) electrons. The summed E-state index contributed by atoms with van der Waals surface area (Å²) in [6, 6.07) is 8.47. The first-order valence-corrected chi connectivity index (χ1v) is 8.75. The second-order valence-corrected chi connectivity index (χ2v) is 6.09. The predicted molar refractivity (Wildman–Crippen MR) is 103 cm³/mol. The number of aryl methyl sites for hydroxylation is 1. The van der Waals surface area contributed by atoms with Gasteiger partial charge in [0.1, 0.15) is 0 Å². The van der Waals surface area contributed by atoms with Gasteiger partial charge in [-0.1, -0.05) is 50.4 Å². The molecule has 0 amide bonds. The van der Waals surface area contributed by atoms with Crippen LogP contribution in [0.1, 0.15) is 31.9 Å². The molecule has 1 aromatic rings. The van der Waals surface area contributed by atoms with Crippen LogP contribution in [0.15, 0.2) is 65.9 Å². The highest BCUT2D eigenvalue weighted by Crippen LogP contribution is 2.25. The Kier molecular flexibility index (Phi) is 7.26. The Bertz CT molecular complexity index is 608. The molecule has 0 atom stereocenters. The first kappa shape index (κ1) is 18.4. The van der Waals surface area contributed by atoms with E-state index in [0.29, 0.717) is 0 Å². The van der Waals surface area contributed by atoms with Gasteiger partial charge in [0.25, 0.3) is 0 Å². The highest BCUT2D eigenvalue weighted by atomic mass is 32.2. The van der Waals surface area contributed by atoms with Crippen LogP contribution in [-0.2, 0) is 6.42 Å². The number of rotatable bonds is 7. The molecule has 2 heteroatoms. The third kappa shape index (κ3) is 4.41. The van der Waals surface area contributed by atoms with Crippen molar-refractivity contribution in [2.24, 2.45) is 0 Å². The summed E-state index contributed by atoms with van der Waals surface area (Å²) in [5.41, 5.74) is 5.99. The van der Waals surface area contributed by atoms with Crippen molar-refractivity contribution in [1.82, 2.24) is 4.90 Å². The normalized spacial score (nSPS) is 12.7. The minimum absolute atomic E-state index is 1.02. The maximum Gasteiger partial charge on any atom is 0.0278 e. The topological polar surface area (TPSA) is 3.24 Å². The van der Waals surface area contributed by atoms with Gasteiger partial charge in [0.05, 0.1) is 0 Å². The zero-order valence-corrected chi connectivity index (χ0v) is 15.3. The number of benzene rings is 1. The van der Waals surface area contributed by atoms with E-state index in [0.717, 1.165) is 12.0 Å². The first-order chi connectivity index (χ1) is 10.5. The molecule has 1 aromatic carbocycles. The molecule has 0 aliphatic heterocycles. The molecule has 22 heavy (non-hydrogen) atoms. The van der Waals surface area contributed by atoms with Gasteiger partial charge in [0, 0.05) is 23.3 Å². The van der Waals surface area contributed by atoms with Crippen LogP contribution in [0.4, 0.5) is 0 Å². The molecule has 1 rings (SSSR count). The third-order valence-electron chi connectivity index (χ3n) is 3.92. The van der Waals surface area contributed by atoms with Crippen molar-refractivity contribution in [3.05, 3.63) is 77.0 Å². The summed E-state index contributed by atoms with van der Waals surface area (Å²) in [6.07, 6.45) is 7.15. The van der Waals surface area contributed by atoms with Gasteiger partial charge in [0.2, 0.25) is 0 Å². The molecule has 0 aliphatic rings. The molecular weight excluding hydrogens is 286 g/mol. The summed E-state index contributed by atoms with van der Waals surface area (Å²) < 4.78 is 0. The minimum atomic E-state index is 1.02. The summed E-state index contributed by atoms with van der Waals surface area (Å²) in [6.45, 7) is 14.6. The molecular formula is C20H27NS. The predicted octanol–water partition coefficient (Wildman–Crippen LogP) is 5.88. The van der Waals surface area contributed by atoms with Gasteiger partial charge in [-0.2, -0.15) is 0 Å². The number of hydrogen-bond donors (Lipinski definition) is 0. The zero-order chi connectivity index (χ0) is 16.7. The molecule has 0 saturated heterocycles. The highest BCUT2D eigenvalue weighted by Gasteiger charge is 2.08. The fourth-order valence-electron chi connectivity index (χ4n) is 2.38. The molecule has 0 bridgehead atoms. The molecule has 0 aliphatic carbocycles. The van der Waals surface area contributed by atoms with Gasteiger partial charge in [-0.05, 0) is 49.3 Å². The van der Waals surface area contributed by atoms with E-state index in [1.165, 1.54) is 27.4 Å². The van der Waals surface area contributed by atoms with Crippen molar-refractivity contribution in [2.75, 3.05) is 13.3 Å². The lowest BCUT2D eigenvalue weighted by atomic mass is 9.98. The Hall–Kier alpha value is -1.67. The maximum atomic E-state index is 4.26. The zero-order valence-electron chi connectivity index (χ0n) is 14.4. The van der Waals surface area contributed by atoms with E-state index in [-0.39, 0.29) is 0 Å². The summed E-state index contributed by atoms with van der Waals surface area (Å²) in [7, 11) is 2.08. The molecule has 118 valence electrons. The molecule has 1 nitrogen and oxygen atoms in total. The molecule has 0 fully saturated rings. The third-order valence-corrected chi connectivity index (χ3v) is 4.82. The van der Waals surface area contributed by atoms with Crippen molar-refractivity contribution < 1.29 is 0 Å². The van der Waals surface area contributed by atoms with Crippen LogP contribution in [0.25, 0.3) is 5.57 Å². The SMILES string of the molecule is C=C/C(SC)=C(/C)N(C)/C(C)=C\C(=C)c1ccccc1CC. The van der Waals surface area contributed by atoms with Crippen LogP contribution >= 0.6 is 11.8 Å². The lowest BCUT2D eigenvalue weighted by molar-refractivity contribution is 0.521. The Balaban J connectivity index is 3.08. The van der Waals surface area contributed by atoms with Gasteiger partial charge in [0.15, 0.2) is 0 Å². The van der Waals surface area contributed by atoms with Crippen molar-refractivity contribution in [1.29, 1.82) is 0 Å². The van der Waals surface area contributed by atoms with E-state index >= 15 is 0 Å². The fraction of sp³-hybridized carbons (Fsp3) is 0.300. The monoisotopic (exact) mass is 313 g/mol. The van der Waals surface area contributed by atoms with Gasteiger partial charge in [-0.15, -0.1) is 11.8 Å². The van der Waals surface area contributed by atoms with Gasteiger partial charge >= 0.3 is 0 Å². The largest absolute Gasteiger partial charge is 0.351 e. The molecule has 0 spiro atoms. The molecule has 0 heterocycles. The van der Waals surface area contributed by atoms with Crippen LogP contribution in [0, 0.1) is 0 Å². The van der Waals surface area contributed by atoms with Gasteiger partial charge < -0.3 is 4.90 Å². The molecule has 0 N–H and O–H groups in total. The lowest BCUT2D eigenvalue weighted by Crippen LogP contribution is -2.14. The second kappa shape index (κ2) is 8.70. The first-order valence-electron chi connectivity index (χ1n) is 7.52. The van der Waals surface area contributed by atoms with E-state index in [1.807, 2.05) is 6.08 Å². The van der Waals surface area contributed by atoms with Crippen LogP contribution in [0.5, 0.6) is 0 Å². The minimum Gasteiger partial charge on any atom is -0.351 e. The molecule has 0 unspecified atom stereocenters. The molecule has 0 aromatic heterocycles. The van der Waals surface area contributed by atoms with Crippen molar-refractivity contribution >= 4 is 17.3 Å². The summed E-state index contributed by atoms with van der Waals surface area (Å²) in [4.78, 5) is 3.38. The van der Waals surface area contributed by atoms with E-state index in [9.17, 15) is 0 Å². The van der Waals surface area contributed by atoms with Gasteiger partial charge in [-0.3, -0.25) is 0 Å². The van der Waals surface area contributed by atoms with E-state index in [1.54, 1.807) is 11.8 Å². The quantitative estimate of drug-likeness (QED) is 0.578. The Labute approximate surface area is 140 Å². The smallest absolute Gasteiger partial charge is 0.0278 e. The molecule has 0 saturated carbocycles. The van der Waals surface area contributed by atoms with Crippen LogP contribution in [0.3, 0.4) is 0 Å². The lowest BCUT2D eigenvalue weighted by Gasteiger charge is -2.23. The number of nitrogens with zero attached hydrogens (tertiary/aromatic N) is 1. The van der Waals surface area contributed by atoms with Crippen molar-refractivity contribution in [3.63, 3.8) is 0 Å². The average Bonchev–Trinajstić information content (AvgIpc) is 2.54. The van der Waals surface area contributed by atoms with Crippen LogP contribution < -0.4 is 0 Å². The average molecular weight is 314 g/mol. The van der Waals surface area contributed by atoms with Crippen molar-refractivity contribution in [2.45, 2.75) is 27.2 Å². The number of thioether (sulfide) groups is 1. The van der Waals surface area contributed by atoms with E-state index in [4.69, 9.17) is 0 Å². The second-order valence-electron chi connectivity index (χ2n) is 5.24. The summed E-state index contributed by atoms with van der Waals surface area (Å²) >= 11 is 1.72. The van der Waals surface area contributed by atoms with Crippen LogP contribution in [-0.4, -0.2) is 18.2 Å². The Morgan fingerprint density at radius 3 is 2.45 bits per heavy atom.